The monoisotopic (exact) mass is 665 g/mol. The maximum Gasteiger partial charge on any atom is 0.416 e. The highest BCUT2D eigenvalue weighted by Gasteiger charge is 2.36. The van der Waals surface area contributed by atoms with Crippen LogP contribution >= 0.6 is 0 Å². The van der Waals surface area contributed by atoms with Gasteiger partial charge in [-0.3, -0.25) is 13.9 Å². The van der Waals surface area contributed by atoms with Gasteiger partial charge in [-0.1, -0.05) is 90.8 Å². The van der Waals surface area contributed by atoms with Gasteiger partial charge in [0.1, 0.15) is 12.6 Å². The van der Waals surface area contributed by atoms with Crippen LogP contribution in [0.1, 0.15) is 41.2 Å². The Morgan fingerprint density at radius 2 is 1.43 bits per heavy atom. The van der Waals surface area contributed by atoms with Gasteiger partial charge in [0.25, 0.3) is 10.0 Å². The molecule has 0 aromatic heterocycles. The van der Waals surface area contributed by atoms with E-state index in [9.17, 15) is 31.2 Å². The van der Waals surface area contributed by atoms with Gasteiger partial charge in [0, 0.05) is 19.5 Å². The molecule has 7 nitrogen and oxygen atoms in total. The van der Waals surface area contributed by atoms with Gasteiger partial charge in [-0.25, -0.2) is 8.42 Å². The first-order valence-electron chi connectivity index (χ1n) is 15.2. The quantitative estimate of drug-likeness (QED) is 0.173. The Balaban J connectivity index is 1.83. The Kier molecular flexibility index (Phi) is 11.5. The van der Waals surface area contributed by atoms with Crippen molar-refractivity contribution in [2.75, 3.05) is 17.4 Å². The molecule has 0 unspecified atom stereocenters. The fourth-order valence-corrected chi connectivity index (χ4v) is 6.42. The van der Waals surface area contributed by atoms with E-state index in [4.69, 9.17) is 0 Å². The number of sulfonamides is 1. The number of carbonyl (C=O) groups is 2. The molecule has 0 bridgehead atoms. The number of amides is 2. The van der Waals surface area contributed by atoms with Gasteiger partial charge in [-0.2, -0.15) is 13.2 Å². The van der Waals surface area contributed by atoms with Gasteiger partial charge in [-0.05, 0) is 61.7 Å². The van der Waals surface area contributed by atoms with Crippen LogP contribution in [-0.2, 0) is 38.8 Å². The third kappa shape index (κ3) is 9.22. The van der Waals surface area contributed by atoms with E-state index in [-0.39, 0.29) is 23.5 Å². The first-order chi connectivity index (χ1) is 22.3. The number of anilines is 1. The van der Waals surface area contributed by atoms with Crippen LogP contribution in [0.15, 0.2) is 108 Å². The lowest BCUT2D eigenvalue weighted by atomic mass is 10.0. The number of nitrogens with zero attached hydrogens (tertiary/aromatic N) is 2. The second-order valence-corrected chi connectivity index (χ2v) is 13.2. The summed E-state index contributed by atoms with van der Waals surface area (Å²) in [6, 6.07) is 25.1. The molecule has 11 heteroatoms. The highest BCUT2D eigenvalue weighted by Crippen LogP contribution is 2.33. The van der Waals surface area contributed by atoms with Crippen LogP contribution in [0.3, 0.4) is 0 Å². The average molecular weight is 666 g/mol. The van der Waals surface area contributed by atoms with Crippen molar-refractivity contribution in [3.8, 4) is 0 Å². The number of benzene rings is 4. The number of aryl methyl sites for hydroxylation is 2. The molecular formula is C36H38F3N3O4S. The number of rotatable bonds is 13. The van der Waals surface area contributed by atoms with E-state index in [1.54, 1.807) is 19.1 Å². The Morgan fingerprint density at radius 3 is 2.02 bits per heavy atom. The van der Waals surface area contributed by atoms with Crippen LogP contribution in [-0.4, -0.2) is 44.3 Å². The molecule has 1 atom stereocenters. The van der Waals surface area contributed by atoms with Crippen LogP contribution in [0.4, 0.5) is 18.9 Å². The SMILES string of the molecule is CCCNC(=O)[C@H](Cc1ccccc1)N(Cc1ccc(C)cc1)C(=O)CN(c1cccc(C(F)(F)F)c1)S(=O)(=O)c1ccc(C)cc1. The molecule has 2 amide bonds. The average Bonchev–Trinajstić information content (AvgIpc) is 3.05. The molecule has 0 aliphatic rings. The van der Waals surface area contributed by atoms with Gasteiger partial charge >= 0.3 is 6.18 Å². The highest BCUT2D eigenvalue weighted by molar-refractivity contribution is 7.92. The van der Waals surface area contributed by atoms with Gasteiger partial charge < -0.3 is 10.2 Å². The first-order valence-corrected chi connectivity index (χ1v) is 16.7. The van der Waals surface area contributed by atoms with Gasteiger partial charge in [-0.15, -0.1) is 0 Å². The molecule has 0 spiro atoms. The number of hydrogen-bond donors (Lipinski definition) is 1. The number of halogens is 3. The smallest absolute Gasteiger partial charge is 0.354 e. The molecule has 1 N–H and O–H groups in total. The first kappa shape index (κ1) is 35.2. The summed E-state index contributed by atoms with van der Waals surface area (Å²) in [7, 11) is -4.54. The van der Waals surface area contributed by atoms with Crippen LogP contribution in [0.25, 0.3) is 0 Å². The molecule has 47 heavy (non-hydrogen) atoms. The minimum Gasteiger partial charge on any atom is -0.354 e. The van der Waals surface area contributed by atoms with Crippen molar-refractivity contribution in [3.63, 3.8) is 0 Å². The van der Waals surface area contributed by atoms with E-state index in [1.807, 2.05) is 68.4 Å². The summed E-state index contributed by atoms with van der Waals surface area (Å²) in [5.41, 5.74) is 1.82. The normalized spacial score (nSPS) is 12.3. The maximum absolute atomic E-state index is 14.4. The second-order valence-electron chi connectivity index (χ2n) is 11.4. The zero-order chi connectivity index (χ0) is 34.2. The summed E-state index contributed by atoms with van der Waals surface area (Å²) in [4.78, 5) is 29.3. The fraction of sp³-hybridized carbons (Fsp3) is 0.278. The summed E-state index contributed by atoms with van der Waals surface area (Å²) in [5, 5.41) is 2.86. The molecule has 0 aliphatic heterocycles. The van der Waals surface area contributed by atoms with Crippen molar-refractivity contribution in [1.29, 1.82) is 0 Å². The lowest BCUT2D eigenvalue weighted by Gasteiger charge is -2.34. The molecule has 0 aliphatic carbocycles. The molecule has 4 aromatic rings. The zero-order valence-electron chi connectivity index (χ0n) is 26.5. The second kappa shape index (κ2) is 15.3. The third-order valence-corrected chi connectivity index (χ3v) is 9.43. The summed E-state index contributed by atoms with van der Waals surface area (Å²) in [6.45, 7) is 5.03. The molecule has 0 saturated heterocycles. The van der Waals surface area contributed by atoms with E-state index >= 15 is 0 Å². The van der Waals surface area contributed by atoms with Gasteiger partial charge in [0.2, 0.25) is 11.8 Å². The summed E-state index contributed by atoms with van der Waals surface area (Å²) >= 11 is 0. The van der Waals surface area contributed by atoms with E-state index in [0.29, 0.717) is 28.9 Å². The topological polar surface area (TPSA) is 86.8 Å². The van der Waals surface area contributed by atoms with Crippen molar-refractivity contribution in [1.82, 2.24) is 10.2 Å². The number of hydrogen-bond acceptors (Lipinski definition) is 4. The number of carbonyl (C=O) groups excluding carboxylic acids is 2. The standard InChI is InChI=1S/C36H38F3N3O4S/c1-4-21-40-35(44)33(22-28-9-6-5-7-10-28)41(24-29-17-13-26(2)14-18-29)34(43)25-42(31-12-8-11-30(23-31)36(37,38)39)47(45,46)32-19-15-27(3)16-20-32/h5-20,23,33H,4,21-22,24-25H2,1-3H3,(H,40,44)/t33-/m0/s1. The number of alkyl halides is 3. The van der Waals surface area contributed by atoms with Gasteiger partial charge in [0.15, 0.2) is 0 Å². The van der Waals surface area contributed by atoms with E-state index < -0.39 is 46.2 Å². The molecule has 0 fully saturated rings. The highest BCUT2D eigenvalue weighted by atomic mass is 32.2. The van der Waals surface area contributed by atoms with Crippen molar-refractivity contribution in [2.45, 2.75) is 57.3 Å². The van der Waals surface area contributed by atoms with Crippen molar-refractivity contribution in [2.24, 2.45) is 0 Å². The predicted molar refractivity (Wildman–Crippen MR) is 176 cm³/mol. The number of nitrogens with one attached hydrogen (secondary N) is 1. The summed E-state index contributed by atoms with van der Waals surface area (Å²) < 4.78 is 70.2. The minimum atomic E-state index is -4.76. The summed E-state index contributed by atoms with van der Waals surface area (Å²) in [6.07, 6.45) is -3.98. The summed E-state index contributed by atoms with van der Waals surface area (Å²) in [5.74, 6) is -1.19. The lowest BCUT2D eigenvalue weighted by Crippen LogP contribution is -2.53. The van der Waals surface area contributed by atoms with Crippen molar-refractivity contribution < 1.29 is 31.2 Å². The Bertz CT molecular complexity index is 1760. The van der Waals surface area contributed by atoms with E-state index in [0.717, 1.165) is 28.8 Å². The zero-order valence-corrected chi connectivity index (χ0v) is 27.3. The predicted octanol–water partition coefficient (Wildman–Crippen LogP) is 6.68. The Morgan fingerprint density at radius 1 is 0.809 bits per heavy atom. The van der Waals surface area contributed by atoms with E-state index in [1.165, 1.54) is 23.1 Å². The molecule has 0 saturated carbocycles. The van der Waals surface area contributed by atoms with Crippen LogP contribution in [0.2, 0.25) is 0 Å². The minimum absolute atomic E-state index is 0.0445. The largest absolute Gasteiger partial charge is 0.416 e. The Hall–Kier alpha value is -4.64. The molecule has 4 aromatic carbocycles. The van der Waals surface area contributed by atoms with Crippen molar-refractivity contribution in [3.05, 3.63) is 131 Å². The molecule has 0 radical (unpaired) electrons. The third-order valence-electron chi connectivity index (χ3n) is 7.64. The molecule has 4 rings (SSSR count). The van der Waals surface area contributed by atoms with Crippen LogP contribution in [0, 0.1) is 13.8 Å². The van der Waals surface area contributed by atoms with Crippen molar-refractivity contribution >= 4 is 27.5 Å². The van der Waals surface area contributed by atoms with Gasteiger partial charge in [0.05, 0.1) is 16.1 Å². The van der Waals surface area contributed by atoms with E-state index in [2.05, 4.69) is 5.32 Å². The molecule has 0 heterocycles. The fourth-order valence-electron chi connectivity index (χ4n) is 5.01. The molecule has 248 valence electrons. The molecular weight excluding hydrogens is 627 g/mol. The Labute approximate surface area is 274 Å². The maximum atomic E-state index is 14.4. The van der Waals surface area contributed by atoms with Crippen LogP contribution in [0.5, 0.6) is 0 Å². The van der Waals surface area contributed by atoms with Crippen LogP contribution < -0.4 is 9.62 Å². The lowest BCUT2D eigenvalue weighted by molar-refractivity contribution is -0.140.